The van der Waals surface area contributed by atoms with Crippen molar-refractivity contribution in [1.82, 2.24) is 10.9 Å². The molecule has 2 amide bonds. The van der Waals surface area contributed by atoms with E-state index in [0.717, 1.165) is 12.8 Å². The summed E-state index contributed by atoms with van der Waals surface area (Å²) in [5.41, 5.74) is 7.83. The highest BCUT2D eigenvalue weighted by Gasteiger charge is 2.28. The number of benzene rings is 2. The molecule has 2 aromatic heterocycles. The lowest BCUT2D eigenvalue weighted by atomic mass is 9.72. The second kappa shape index (κ2) is 17.4. The highest BCUT2D eigenvalue weighted by atomic mass is 32.2. The van der Waals surface area contributed by atoms with Gasteiger partial charge in [-0.2, -0.15) is 10.2 Å². The molecule has 0 bridgehead atoms. The predicted molar refractivity (Wildman–Crippen MR) is 211 cm³/mol. The number of carbonyl (C=O) groups is 2. The van der Waals surface area contributed by atoms with Gasteiger partial charge in [-0.3, -0.25) is 9.59 Å². The van der Waals surface area contributed by atoms with Crippen LogP contribution in [0.25, 0.3) is 0 Å². The molecule has 0 saturated carbocycles. The summed E-state index contributed by atoms with van der Waals surface area (Å²) in [5, 5.41) is 9.05. The summed E-state index contributed by atoms with van der Waals surface area (Å²) in [7, 11) is 0. The van der Waals surface area contributed by atoms with Crippen molar-refractivity contribution < 1.29 is 27.9 Å². The van der Waals surface area contributed by atoms with Gasteiger partial charge < -0.3 is 18.3 Å². The normalized spacial score (nSPS) is 12.7. The van der Waals surface area contributed by atoms with Crippen molar-refractivity contribution in [3.05, 3.63) is 95.4 Å². The van der Waals surface area contributed by atoms with Gasteiger partial charge in [0.1, 0.15) is 23.0 Å². The van der Waals surface area contributed by atoms with Gasteiger partial charge in [-0.1, -0.05) is 93.5 Å². The van der Waals surface area contributed by atoms with Crippen LogP contribution in [0.2, 0.25) is 0 Å². The number of nitrogens with zero attached hydrogens (tertiary/aromatic N) is 2. The molecule has 2 heterocycles. The van der Waals surface area contributed by atoms with E-state index >= 15 is 0 Å². The minimum atomic E-state index is -0.394. The van der Waals surface area contributed by atoms with E-state index in [-0.39, 0.29) is 34.9 Å². The lowest BCUT2D eigenvalue weighted by Crippen LogP contribution is -2.25. The Morgan fingerprint density at radius 2 is 0.943 bits per heavy atom. The monoisotopic (exact) mass is 742 g/mol. The van der Waals surface area contributed by atoms with Gasteiger partial charge in [0, 0.05) is 0 Å². The van der Waals surface area contributed by atoms with Crippen molar-refractivity contribution in [2.24, 2.45) is 21.0 Å². The molecule has 0 aliphatic carbocycles. The summed E-state index contributed by atoms with van der Waals surface area (Å²) >= 11 is 1.26. The summed E-state index contributed by atoms with van der Waals surface area (Å²) in [6.07, 6.45) is 4.90. The van der Waals surface area contributed by atoms with Gasteiger partial charge in [-0.25, -0.2) is 10.9 Å². The molecule has 2 N–H and O–H groups in total. The minimum Gasteiger partial charge on any atom is -0.484 e. The Bertz CT molecular complexity index is 1720. The number of carbonyl (C=O) groups excluding carboxylic acids is 2. The smallest absolute Gasteiger partial charge is 0.277 e. The van der Waals surface area contributed by atoms with E-state index in [1.165, 1.54) is 35.3 Å². The number of furan rings is 2. The van der Waals surface area contributed by atoms with Crippen LogP contribution < -0.4 is 20.3 Å². The van der Waals surface area contributed by atoms with E-state index in [2.05, 4.69) is 90.3 Å². The Labute approximate surface area is 318 Å². The molecule has 0 unspecified atom stereocenters. The lowest BCUT2D eigenvalue weighted by molar-refractivity contribution is -0.123. The van der Waals surface area contributed by atoms with Crippen molar-refractivity contribution in [2.75, 3.05) is 13.2 Å². The molecule has 53 heavy (non-hydrogen) atoms. The van der Waals surface area contributed by atoms with Gasteiger partial charge in [0.05, 0.1) is 12.4 Å². The highest BCUT2D eigenvalue weighted by molar-refractivity contribution is 7.99. The molecule has 2 aromatic carbocycles. The van der Waals surface area contributed by atoms with Gasteiger partial charge in [-0.15, -0.1) is 0 Å². The maximum Gasteiger partial charge on any atom is 0.277 e. The van der Waals surface area contributed by atoms with Crippen molar-refractivity contribution >= 4 is 36.0 Å². The summed E-state index contributed by atoms with van der Waals surface area (Å²) in [6.45, 7) is 22.1. The van der Waals surface area contributed by atoms with Gasteiger partial charge >= 0.3 is 0 Å². The molecular weight excluding hydrogens is 689 g/mol. The Balaban J connectivity index is 1.15. The molecule has 0 aliphatic rings. The summed E-state index contributed by atoms with van der Waals surface area (Å²) in [5.74, 6) is 1.33. The van der Waals surface area contributed by atoms with Crippen LogP contribution >= 0.6 is 11.8 Å². The molecule has 284 valence electrons. The molecule has 0 radical (unpaired) electrons. The van der Waals surface area contributed by atoms with Crippen LogP contribution in [-0.2, 0) is 20.4 Å². The zero-order valence-corrected chi connectivity index (χ0v) is 33.5. The van der Waals surface area contributed by atoms with Crippen molar-refractivity contribution in [3.8, 4) is 11.5 Å². The zero-order valence-electron chi connectivity index (χ0n) is 32.7. The van der Waals surface area contributed by atoms with Crippen LogP contribution in [-0.4, -0.2) is 37.5 Å². The molecule has 4 rings (SSSR count). The Kier molecular flexibility index (Phi) is 13.4. The number of amides is 2. The quantitative estimate of drug-likeness (QED) is 0.0865. The first-order valence-corrected chi connectivity index (χ1v) is 18.6. The lowest BCUT2D eigenvalue weighted by Gasteiger charge is -2.33. The maximum atomic E-state index is 12.3. The van der Waals surface area contributed by atoms with Crippen LogP contribution in [0.4, 0.5) is 0 Å². The average Bonchev–Trinajstić information content (AvgIpc) is 3.70. The third-order valence-corrected chi connectivity index (χ3v) is 8.96. The molecule has 11 heteroatoms. The van der Waals surface area contributed by atoms with Crippen LogP contribution in [0.15, 0.2) is 102 Å². The number of nitrogens with one attached hydrogen (secondary N) is 2. The van der Waals surface area contributed by atoms with Crippen LogP contribution in [0, 0.1) is 10.8 Å². The molecule has 0 saturated heterocycles. The van der Waals surface area contributed by atoms with E-state index in [1.54, 1.807) is 24.3 Å². The minimum absolute atomic E-state index is 0.0266. The predicted octanol–water partition coefficient (Wildman–Crippen LogP) is 9.51. The molecule has 0 spiro atoms. The fourth-order valence-corrected chi connectivity index (χ4v) is 7.32. The molecular formula is C42H54N4O6S. The van der Waals surface area contributed by atoms with Crippen LogP contribution in [0.5, 0.6) is 11.5 Å². The van der Waals surface area contributed by atoms with E-state index in [0.29, 0.717) is 33.2 Å². The number of ether oxygens (including phenoxy) is 2. The van der Waals surface area contributed by atoms with E-state index in [1.807, 2.05) is 48.5 Å². The molecule has 0 fully saturated rings. The molecule has 10 nitrogen and oxygen atoms in total. The Hall–Kier alpha value is -4.77. The summed E-state index contributed by atoms with van der Waals surface area (Å²) in [4.78, 5) is 24.5. The summed E-state index contributed by atoms with van der Waals surface area (Å²) in [6, 6.07) is 22.7. The first kappa shape index (κ1) is 41.0. The van der Waals surface area contributed by atoms with Crippen molar-refractivity contribution in [1.29, 1.82) is 0 Å². The number of hydrogen-bond acceptors (Lipinski definition) is 9. The third kappa shape index (κ3) is 13.9. The zero-order chi connectivity index (χ0) is 38.9. The van der Waals surface area contributed by atoms with Crippen LogP contribution in [0.3, 0.4) is 0 Å². The Morgan fingerprint density at radius 1 is 0.585 bits per heavy atom. The van der Waals surface area contributed by atoms with Gasteiger partial charge in [0.15, 0.2) is 23.4 Å². The SMILES string of the molecule is CC(C)(C)CC(C)(C)c1ccc(OCC(=O)N/N=C\c2ccc(Sc3ccc(/C=N/NC(=O)COc4ccc(C(C)(C)CC(C)(C)C)cc4)o3)o2)cc1. The fourth-order valence-electron chi connectivity index (χ4n) is 6.57. The number of rotatable bonds is 16. The van der Waals surface area contributed by atoms with Crippen molar-refractivity contribution in [3.63, 3.8) is 0 Å². The highest BCUT2D eigenvalue weighted by Crippen LogP contribution is 2.38. The standard InChI is InChI=1S/C42H54N4O6S/c1-39(2,3)27-41(7,8)29-11-15-31(16-12-29)49-25-35(47)45-43-23-33-19-21-37(51-33)53-38-22-20-34(52-38)24-44-46-36(48)26-50-32-17-13-30(14-18-32)42(9,10)28-40(4,5)6/h11-24H,25-28H2,1-10H3,(H,45,47)(H,46,48)/b43-23-,44-24+. The van der Waals surface area contributed by atoms with E-state index in [9.17, 15) is 9.59 Å². The van der Waals surface area contributed by atoms with Gasteiger partial charge in [0.2, 0.25) is 0 Å². The van der Waals surface area contributed by atoms with E-state index < -0.39 is 11.8 Å². The second-order valence-electron chi connectivity index (χ2n) is 16.9. The van der Waals surface area contributed by atoms with Gasteiger partial charge in [-0.05, 0) is 106 Å². The first-order chi connectivity index (χ1) is 24.8. The molecule has 4 aromatic rings. The Morgan fingerprint density at radius 3 is 1.28 bits per heavy atom. The maximum absolute atomic E-state index is 12.3. The number of hydrogen-bond donors (Lipinski definition) is 2. The third-order valence-electron chi connectivity index (χ3n) is 8.12. The number of hydrazone groups is 2. The molecule has 0 atom stereocenters. The summed E-state index contributed by atoms with van der Waals surface area (Å²) < 4.78 is 22.8. The first-order valence-electron chi connectivity index (χ1n) is 17.7. The largest absolute Gasteiger partial charge is 0.484 e. The van der Waals surface area contributed by atoms with Crippen molar-refractivity contribution in [2.45, 2.75) is 103 Å². The topological polar surface area (TPSA) is 128 Å². The van der Waals surface area contributed by atoms with Gasteiger partial charge in [0.25, 0.3) is 11.8 Å². The fraction of sp³-hybridized carbons (Fsp3) is 0.429. The van der Waals surface area contributed by atoms with E-state index in [4.69, 9.17) is 18.3 Å². The average molecular weight is 743 g/mol. The van der Waals surface area contributed by atoms with Crippen LogP contribution in [0.1, 0.15) is 105 Å². The molecule has 0 aliphatic heterocycles. The second-order valence-corrected chi connectivity index (χ2v) is 17.9.